The van der Waals surface area contributed by atoms with Crippen molar-refractivity contribution in [2.75, 3.05) is 0 Å². The SMILES string of the molecule is CC(C)(C)OC(=O)NC(c1ccccc1)C(O)Oc1cc(F)ccc1OCc1ccccc1. The van der Waals surface area contributed by atoms with Crippen molar-refractivity contribution in [1.82, 2.24) is 5.32 Å². The van der Waals surface area contributed by atoms with Crippen LogP contribution in [0, 0.1) is 5.82 Å². The maximum absolute atomic E-state index is 14.0. The number of carbonyl (C=O) groups is 1. The highest BCUT2D eigenvalue weighted by molar-refractivity contribution is 5.68. The number of amides is 1. The molecule has 0 bridgehead atoms. The number of nitrogens with one attached hydrogen (secondary N) is 1. The highest BCUT2D eigenvalue weighted by Crippen LogP contribution is 2.31. The average molecular weight is 454 g/mol. The Balaban J connectivity index is 1.80. The van der Waals surface area contributed by atoms with E-state index in [0.29, 0.717) is 5.56 Å². The zero-order valence-corrected chi connectivity index (χ0v) is 18.8. The van der Waals surface area contributed by atoms with E-state index in [1.165, 1.54) is 12.1 Å². The van der Waals surface area contributed by atoms with E-state index < -0.39 is 29.8 Å². The Morgan fingerprint density at radius 1 is 0.970 bits per heavy atom. The lowest BCUT2D eigenvalue weighted by Crippen LogP contribution is -2.41. The van der Waals surface area contributed by atoms with Gasteiger partial charge in [-0.15, -0.1) is 0 Å². The molecule has 2 atom stereocenters. The fraction of sp³-hybridized carbons (Fsp3) is 0.269. The van der Waals surface area contributed by atoms with Gasteiger partial charge in [-0.1, -0.05) is 60.7 Å². The number of alkyl carbamates (subject to hydrolysis) is 1. The van der Waals surface area contributed by atoms with Crippen molar-refractivity contribution >= 4 is 6.09 Å². The molecule has 0 radical (unpaired) electrons. The molecule has 0 aliphatic rings. The Hall–Kier alpha value is -3.58. The van der Waals surface area contributed by atoms with Crippen LogP contribution in [0.4, 0.5) is 9.18 Å². The third kappa shape index (κ3) is 7.50. The number of carbonyl (C=O) groups excluding carboxylic acids is 1. The van der Waals surface area contributed by atoms with Gasteiger partial charge >= 0.3 is 6.09 Å². The van der Waals surface area contributed by atoms with E-state index in [-0.39, 0.29) is 18.1 Å². The quantitative estimate of drug-likeness (QED) is 0.449. The highest BCUT2D eigenvalue weighted by atomic mass is 19.1. The molecule has 0 fully saturated rings. The molecule has 3 aromatic carbocycles. The van der Waals surface area contributed by atoms with Crippen LogP contribution >= 0.6 is 0 Å². The summed E-state index contributed by atoms with van der Waals surface area (Å²) >= 11 is 0. The summed E-state index contributed by atoms with van der Waals surface area (Å²) in [5, 5.41) is 13.5. The topological polar surface area (TPSA) is 77.0 Å². The molecule has 0 spiro atoms. The number of hydrogen-bond acceptors (Lipinski definition) is 5. The summed E-state index contributed by atoms with van der Waals surface area (Å²) in [7, 11) is 0. The average Bonchev–Trinajstić information content (AvgIpc) is 2.77. The van der Waals surface area contributed by atoms with Gasteiger partial charge in [-0.05, 0) is 44.0 Å². The summed E-state index contributed by atoms with van der Waals surface area (Å²) in [6.07, 6.45) is -2.28. The van der Waals surface area contributed by atoms with Gasteiger partial charge in [0.2, 0.25) is 6.29 Å². The third-order valence-electron chi connectivity index (χ3n) is 4.51. The Kier molecular flexibility index (Phi) is 7.90. The standard InChI is InChI=1S/C26H28FNO5/c1-26(2,3)33-25(30)28-23(19-12-8-5-9-13-19)24(29)32-22-16-20(27)14-15-21(22)31-17-18-10-6-4-7-11-18/h4-16,23-24,29H,17H2,1-3H3,(H,28,30). The number of benzene rings is 3. The Bertz CT molecular complexity index is 1040. The van der Waals surface area contributed by atoms with Crippen LogP contribution in [-0.4, -0.2) is 23.1 Å². The molecule has 0 aromatic heterocycles. The summed E-state index contributed by atoms with van der Waals surface area (Å²) < 4.78 is 30.8. The van der Waals surface area contributed by atoms with Crippen molar-refractivity contribution in [3.8, 4) is 11.5 Å². The minimum absolute atomic E-state index is 0.00495. The second-order valence-electron chi connectivity index (χ2n) is 8.41. The zero-order chi connectivity index (χ0) is 23.8. The summed E-state index contributed by atoms with van der Waals surface area (Å²) in [5.74, 6) is -0.297. The highest BCUT2D eigenvalue weighted by Gasteiger charge is 2.28. The largest absolute Gasteiger partial charge is 0.485 e. The molecule has 3 aromatic rings. The van der Waals surface area contributed by atoms with E-state index in [4.69, 9.17) is 14.2 Å². The summed E-state index contributed by atoms with van der Waals surface area (Å²) in [6.45, 7) is 5.44. The van der Waals surface area contributed by atoms with Gasteiger partial charge in [-0.25, -0.2) is 9.18 Å². The second kappa shape index (κ2) is 10.8. The van der Waals surface area contributed by atoms with E-state index >= 15 is 0 Å². The number of aliphatic hydroxyl groups excluding tert-OH is 1. The molecule has 2 unspecified atom stereocenters. The van der Waals surface area contributed by atoms with E-state index in [1.807, 2.05) is 36.4 Å². The molecule has 0 aliphatic heterocycles. The molecule has 174 valence electrons. The van der Waals surface area contributed by atoms with Gasteiger partial charge < -0.3 is 24.6 Å². The smallest absolute Gasteiger partial charge is 0.408 e. The number of aliphatic hydroxyl groups is 1. The molecule has 6 nitrogen and oxygen atoms in total. The number of rotatable bonds is 8. The van der Waals surface area contributed by atoms with Crippen LogP contribution in [0.15, 0.2) is 78.9 Å². The van der Waals surface area contributed by atoms with Gasteiger partial charge in [0, 0.05) is 6.07 Å². The predicted molar refractivity (Wildman–Crippen MR) is 122 cm³/mol. The van der Waals surface area contributed by atoms with Crippen LogP contribution in [0.1, 0.15) is 37.9 Å². The first-order valence-corrected chi connectivity index (χ1v) is 10.6. The van der Waals surface area contributed by atoms with Crippen LogP contribution in [0.25, 0.3) is 0 Å². The van der Waals surface area contributed by atoms with Crippen molar-refractivity contribution in [2.45, 2.75) is 45.3 Å². The molecule has 33 heavy (non-hydrogen) atoms. The first kappa shape index (κ1) is 24.1. The lowest BCUT2D eigenvalue weighted by atomic mass is 10.1. The van der Waals surface area contributed by atoms with Crippen molar-refractivity contribution in [2.24, 2.45) is 0 Å². The molecule has 2 N–H and O–H groups in total. The monoisotopic (exact) mass is 453 g/mol. The van der Waals surface area contributed by atoms with E-state index in [1.54, 1.807) is 45.0 Å². The molecular formula is C26H28FNO5. The number of halogens is 1. The minimum Gasteiger partial charge on any atom is -0.485 e. The molecule has 0 saturated heterocycles. The normalized spacial score (nSPS) is 13.0. The second-order valence-corrected chi connectivity index (χ2v) is 8.41. The molecular weight excluding hydrogens is 425 g/mol. The molecule has 3 rings (SSSR count). The molecule has 0 heterocycles. The fourth-order valence-electron chi connectivity index (χ4n) is 3.04. The predicted octanol–water partition coefficient (Wildman–Crippen LogP) is 5.37. The van der Waals surface area contributed by atoms with Gasteiger partial charge in [-0.3, -0.25) is 0 Å². The van der Waals surface area contributed by atoms with Gasteiger partial charge in [-0.2, -0.15) is 0 Å². The fourth-order valence-corrected chi connectivity index (χ4v) is 3.04. The van der Waals surface area contributed by atoms with Crippen LogP contribution in [0.2, 0.25) is 0 Å². The molecule has 0 aliphatic carbocycles. The van der Waals surface area contributed by atoms with Gasteiger partial charge in [0.25, 0.3) is 0 Å². The Labute approximate surface area is 192 Å². The van der Waals surface area contributed by atoms with Crippen molar-refractivity contribution in [3.05, 3.63) is 95.8 Å². The van der Waals surface area contributed by atoms with Crippen molar-refractivity contribution < 1.29 is 28.5 Å². The minimum atomic E-state index is -1.55. The van der Waals surface area contributed by atoms with Crippen LogP contribution in [0.5, 0.6) is 11.5 Å². The molecule has 0 saturated carbocycles. The molecule has 7 heteroatoms. The molecule has 1 amide bonds. The van der Waals surface area contributed by atoms with Gasteiger partial charge in [0.1, 0.15) is 24.1 Å². The summed E-state index contributed by atoms with van der Waals surface area (Å²) in [5.41, 5.74) is 0.777. The van der Waals surface area contributed by atoms with Crippen molar-refractivity contribution in [1.29, 1.82) is 0 Å². The first-order valence-electron chi connectivity index (χ1n) is 10.6. The number of ether oxygens (including phenoxy) is 3. The summed E-state index contributed by atoms with van der Waals surface area (Å²) in [4.78, 5) is 12.4. The lowest BCUT2D eigenvalue weighted by molar-refractivity contribution is -0.0507. The Morgan fingerprint density at radius 3 is 2.24 bits per heavy atom. The Morgan fingerprint density at radius 2 is 1.61 bits per heavy atom. The van der Waals surface area contributed by atoms with E-state index in [9.17, 15) is 14.3 Å². The van der Waals surface area contributed by atoms with Gasteiger partial charge in [0.15, 0.2) is 11.5 Å². The maximum atomic E-state index is 14.0. The lowest BCUT2D eigenvalue weighted by Gasteiger charge is -2.27. The van der Waals surface area contributed by atoms with Crippen LogP contribution in [-0.2, 0) is 11.3 Å². The first-order chi connectivity index (χ1) is 15.7. The summed E-state index contributed by atoms with van der Waals surface area (Å²) in [6, 6.07) is 21.1. The van der Waals surface area contributed by atoms with Gasteiger partial charge in [0.05, 0.1) is 0 Å². The number of hydrogen-bond donors (Lipinski definition) is 2. The maximum Gasteiger partial charge on any atom is 0.408 e. The third-order valence-corrected chi connectivity index (χ3v) is 4.51. The van der Waals surface area contributed by atoms with E-state index in [2.05, 4.69) is 5.32 Å². The van der Waals surface area contributed by atoms with Crippen LogP contribution < -0.4 is 14.8 Å². The van der Waals surface area contributed by atoms with Crippen molar-refractivity contribution in [3.63, 3.8) is 0 Å². The zero-order valence-electron chi connectivity index (χ0n) is 18.8. The van der Waals surface area contributed by atoms with E-state index in [0.717, 1.165) is 11.6 Å². The van der Waals surface area contributed by atoms with Crippen LogP contribution in [0.3, 0.4) is 0 Å².